The molecule has 24 heavy (non-hydrogen) atoms. The minimum atomic E-state index is -0.971. The van der Waals surface area contributed by atoms with Crippen LogP contribution in [0.5, 0.6) is 11.5 Å². The highest BCUT2D eigenvalue weighted by Crippen LogP contribution is 2.34. The van der Waals surface area contributed by atoms with Crippen molar-refractivity contribution in [2.24, 2.45) is 0 Å². The van der Waals surface area contributed by atoms with Crippen LogP contribution in [0.15, 0.2) is 48.7 Å². The number of benzene rings is 2. The van der Waals surface area contributed by atoms with Crippen molar-refractivity contribution in [3.05, 3.63) is 54.2 Å². The van der Waals surface area contributed by atoms with E-state index in [1.807, 2.05) is 12.1 Å². The molecule has 0 saturated heterocycles. The van der Waals surface area contributed by atoms with Crippen LogP contribution in [-0.4, -0.2) is 30.3 Å². The van der Waals surface area contributed by atoms with Crippen LogP contribution in [0.2, 0.25) is 0 Å². The molecular formula is C18H16N2O4. The van der Waals surface area contributed by atoms with E-state index in [9.17, 15) is 4.79 Å². The molecule has 0 aliphatic heterocycles. The molecule has 0 atom stereocenters. The first-order valence-electron chi connectivity index (χ1n) is 7.23. The standard InChI is InChI=1S/C18H16N2O4/c1-23-13-9-14-15(6-7-19-17(14)16(10-13)24-2)20-12-5-3-4-11(8-12)18(21)22/h3-10H,1-2H3,(H,19,20)(H,21,22). The first-order chi connectivity index (χ1) is 11.6. The third-order valence-electron chi connectivity index (χ3n) is 3.63. The van der Waals surface area contributed by atoms with Gasteiger partial charge in [-0.1, -0.05) is 6.07 Å². The van der Waals surface area contributed by atoms with E-state index in [0.29, 0.717) is 22.7 Å². The van der Waals surface area contributed by atoms with Crippen LogP contribution in [0, 0.1) is 0 Å². The van der Waals surface area contributed by atoms with E-state index < -0.39 is 5.97 Å². The number of carboxylic acid groups (broad SMARTS) is 1. The van der Waals surface area contributed by atoms with Crippen molar-refractivity contribution in [3.63, 3.8) is 0 Å². The number of fused-ring (bicyclic) bond motifs is 1. The molecule has 6 nitrogen and oxygen atoms in total. The summed E-state index contributed by atoms with van der Waals surface area (Å²) < 4.78 is 10.7. The second-order valence-corrected chi connectivity index (χ2v) is 5.10. The van der Waals surface area contributed by atoms with Crippen molar-refractivity contribution in [1.82, 2.24) is 4.98 Å². The Hall–Kier alpha value is -3.28. The number of nitrogens with zero attached hydrogens (tertiary/aromatic N) is 1. The maximum absolute atomic E-state index is 11.1. The highest BCUT2D eigenvalue weighted by Gasteiger charge is 2.11. The number of carboxylic acids is 1. The Kier molecular flexibility index (Phi) is 4.20. The van der Waals surface area contributed by atoms with Gasteiger partial charge in [-0.25, -0.2) is 4.79 Å². The maximum Gasteiger partial charge on any atom is 0.335 e. The summed E-state index contributed by atoms with van der Waals surface area (Å²) in [6.45, 7) is 0. The second kappa shape index (κ2) is 6.45. The number of rotatable bonds is 5. The fourth-order valence-electron chi connectivity index (χ4n) is 2.47. The summed E-state index contributed by atoms with van der Waals surface area (Å²) in [5.74, 6) is 0.281. The van der Waals surface area contributed by atoms with E-state index in [0.717, 1.165) is 11.1 Å². The van der Waals surface area contributed by atoms with Gasteiger partial charge in [-0.05, 0) is 30.3 Å². The van der Waals surface area contributed by atoms with Crippen LogP contribution in [0.3, 0.4) is 0 Å². The van der Waals surface area contributed by atoms with Crippen LogP contribution >= 0.6 is 0 Å². The first-order valence-corrected chi connectivity index (χ1v) is 7.23. The summed E-state index contributed by atoms with van der Waals surface area (Å²) in [7, 11) is 3.16. The van der Waals surface area contributed by atoms with Gasteiger partial charge in [0.25, 0.3) is 0 Å². The summed E-state index contributed by atoms with van der Waals surface area (Å²) in [6.07, 6.45) is 1.67. The number of aromatic nitrogens is 1. The Morgan fingerprint density at radius 1 is 1.12 bits per heavy atom. The quantitative estimate of drug-likeness (QED) is 0.745. The Bertz CT molecular complexity index is 909. The van der Waals surface area contributed by atoms with E-state index in [4.69, 9.17) is 14.6 Å². The van der Waals surface area contributed by atoms with Crippen molar-refractivity contribution >= 4 is 28.2 Å². The molecule has 2 aromatic carbocycles. The normalized spacial score (nSPS) is 10.4. The molecule has 122 valence electrons. The van der Waals surface area contributed by atoms with Gasteiger partial charge in [0, 0.05) is 29.0 Å². The molecule has 0 unspecified atom stereocenters. The summed E-state index contributed by atoms with van der Waals surface area (Å²) in [5, 5.41) is 13.2. The van der Waals surface area contributed by atoms with Crippen molar-refractivity contribution < 1.29 is 19.4 Å². The Morgan fingerprint density at radius 2 is 1.96 bits per heavy atom. The fraction of sp³-hybridized carbons (Fsp3) is 0.111. The Labute approximate surface area is 138 Å². The predicted octanol–water partition coefficient (Wildman–Crippen LogP) is 3.69. The molecule has 0 saturated carbocycles. The van der Waals surface area contributed by atoms with Crippen LogP contribution in [0.25, 0.3) is 10.9 Å². The lowest BCUT2D eigenvalue weighted by molar-refractivity contribution is 0.0697. The van der Waals surface area contributed by atoms with Crippen molar-refractivity contribution in [2.45, 2.75) is 0 Å². The Balaban J connectivity index is 2.09. The van der Waals surface area contributed by atoms with E-state index >= 15 is 0 Å². The third kappa shape index (κ3) is 2.94. The number of pyridine rings is 1. The average Bonchev–Trinajstić information content (AvgIpc) is 2.61. The number of methoxy groups -OCH3 is 2. The highest BCUT2D eigenvalue weighted by atomic mass is 16.5. The molecule has 0 spiro atoms. The molecule has 0 radical (unpaired) electrons. The predicted molar refractivity (Wildman–Crippen MR) is 91.5 cm³/mol. The monoisotopic (exact) mass is 324 g/mol. The lowest BCUT2D eigenvalue weighted by Crippen LogP contribution is -1.99. The van der Waals surface area contributed by atoms with E-state index in [1.54, 1.807) is 50.7 Å². The van der Waals surface area contributed by atoms with E-state index in [2.05, 4.69) is 10.3 Å². The fourth-order valence-corrected chi connectivity index (χ4v) is 2.47. The van der Waals surface area contributed by atoms with Gasteiger partial charge in [-0.2, -0.15) is 0 Å². The lowest BCUT2D eigenvalue weighted by atomic mass is 10.1. The van der Waals surface area contributed by atoms with Gasteiger partial charge in [-0.15, -0.1) is 0 Å². The molecule has 2 N–H and O–H groups in total. The smallest absolute Gasteiger partial charge is 0.335 e. The van der Waals surface area contributed by atoms with Crippen LogP contribution in [0.4, 0.5) is 11.4 Å². The maximum atomic E-state index is 11.1. The average molecular weight is 324 g/mol. The number of hydrogen-bond acceptors (Lipinski definition) is 5. The molecule has 3 aromatic rings. The SMILES string of the molecule is COc1cc(OC)c2nccc(Nc3cccc(C(=O)O)c3)c2c1. The number of hydrogen-bond donors (Lipinski definition) is 2. The van der Waals surface area contributed by atoms with Gasteiger partial charge in [0.15, 0.2) is 0 Å². The zero-order chi connectivity index (χ0) is 17.1. The molecule has 3 rings (SSSR count). The molecule has 0 amide bonds. The summed E-state index contributed by atoms with van der Waals surface area (Å²) in [4.78, 5) is 15.5. The minimum absolute atomic E-state index is 0.216. The number of aromatic carboxylic acids is 1. The minimum Gasteiger partial charge on any atom is -0.497 e. The van der Waals surface area contributed by atoms with Gasteiger partial charge >= 0.3 is 5.97 Å². The summed E-state index contributed by atoms with van der Waals surface area (Å²) in [5.41, 5.74) is 2.36. The van der Waals surface area contributed by atoms with Crippen molar-refractivity contribution in [2.75, 3.05) is 19.5 Å². The van der Waals surface area contributed by atoms with Crippen LogP contribution in [-0.2, 0) is 0 Å². The van der Waals surface area contributed by atoms with Gasteiger partial charge in [0.2, 0.25) is 0 Å². The number of nitrogens with one attached hydrogen (secondary N) is 1. The molecule has 0 aliphatic rings. The summed E-state index contributed by atoms with van der Waals surface area (Å²) >= 11 is 0. The van der Waals surface area contributed by atoms with Crippen LogP contribution < -0.4 is 14.8 Å². The van der Waals surface area contributed by atoms with Gasteiger partial charge in [0.1, 0.15) is 17.0 Å². The largest absolute Gasteiger partial charge is 0.497 e. The zero-order valence-corrected chi connectivity index (χ0v) is 13.2. The van der Waals surface area contributed by atoms with Gasteiger partial charge in [0.05, 0.1) is 19.8 Å². The van der Waals surface area contributed by atoms with E-state index in [-0.39, 0.29) is 5.56 Å². The second-order valence-electron chi connectivity index (χ2n) is 5.10. The van der Waals surface area contributed by atoms with Gasteiger partial charge < -0.3 is 19.9 Å². The van der Waals surface area contributed by atoms with E-state index in [1.165, 1.54) is 0 Å². The first kappa shape index (κ1) is 15.6. The zero-order valence-electron chi connectivity index (χ0n) is 13.2. The number of carbonyl (C=O) groups is 1. The number of ether oxygens (including phenoxy) is 2. The van der Waals surface area contributed by atoms with Crippen molar-refractivity contribution in [3.8, 4) is 11.5 Å². The van der Waals surface area contributed by atoms with Crippen LogP contribution in [0.1, 0.15) is 10.4 Å². The highest BCUT2D eigenvalue weighted by molar-refractivity contribution is 5.97. The Morgan fingerprint density at radius 3 is 2.67 bits per heavy atom. The molecule has 6 heteroatoms. The molecule has 0 aliphatic carbocycles. The summed E-state index contributed by atoms with van der Waals surface area (Å²) in [6, 6.07) is 12.1. The topological polar surface area (TPSA) is 80.7 Å². The molecule has 1 heterocycles. The number of anilines is 2. The molecule has 0 bridgehead atoms. The molecule has 0 fully saturated rings. The molecular weight excluding hydrogens is 308 g/mol. The molecule has 1 aromatic heterocycles. The third-order valence-corrected chi connectivity index (χ3v) is 3.63. The lowest BCUT2D eigenvalue weighted by Gasteiger charge is -2.13. The van der Waals surface area contributed by atoms with Gasteiger partial charge in [-0.3, -0.25) is 4.98 Å². The van der Waals surface area contributed by atoms with Crippen molar-refractivity contribution in [1.29, 1.82) is 0 Å².